The summed E-state index contributed by atoms with van der Waals surface area (Å²) in [5.41, 5.74) is 1.11. The van der Waals surface area contributed by atoms with E-state index in [-0.39, 0.29) is 10.8 Å². The number of halogens is 1. The highest BCUT2D eigenvalue weighted by atomic mass is 35.7. The van der Waals surface area contributed by atoms with Crippen LogP contribution < -0.4 is 0 Å². The third-order valence-electron chi connectivity index (χ3n) is 2.99. The Bertz CT molecular complexity index is 659. The van der Waals surface area contributed by atoms with Crippen LogP contribution in [0.1, 0.15) is 38.5 Å². The average Bonchev–Trinajstić information content (AvgIpc) is 2.71. The van der Waals surface area contributed by atoms with Crippen molar-refractivity contribution in [2.45, 2.75) is 37.5 Å². The Balaban J connectivity index is 2.52. The van der Waals surface area contributed by atoms with Crippen LogP contribution in [0.15, 0.2) is 27.5 Å². The van der Waals surface area contributed by atoms with Crippen molar-refractivity contribution in [1.82, 2.24) is 4.98 Å². The number of oxazole rings is 1. The van der Waals surface area contributed by atoms with Gasteiger partial charge in [0.25, 0.3) is 9.05 Å². The minimum atomic E-state index is -3.73. The number of nitrogens with zero attached hydrogens (tertiary/aromatic N) is 1. The Kier molecular flexibility index (Phi) is 3.64. The van der Waals surface area contributed by atoms with Crippen LogP contribution >= 0.6 is 10.7 Å². The molecule has 0 amide bonds. The standard InChI is InChI=1S/C12H14ClNO3S/c1-3-8(4-2)12-14-10-6-5-9(18(13,15)16)7-11(10)17-12/h5-8H,3-4H2,1-2H3. The van der Waals surface area contributed by atoms with E-state index in [0.29, 0.717) is 17.0 Å². The summed E-state index contributed by atoms with van der Waals surface area (Å²) >= 11 is 0. The van der Waals surface area contributed by atoms with Gasteiger partial charge in [0, 0.05) is 22.7 Å². The van der Waals surface area contributed by atoms with E-state index in [4.69, 9.17) is 15.1 Å². The van der Waals surface area contributed by atoms with E-state index in [2.05, 4.69) is 18.8 Å². The van der Waals surface area contributed by atoms with Crippen LogP contribution in [0.3, 0.4) is 0 Å². The summed E-state index contributed by atoms with van der Waals surface area (Å²) in [6.07, 6.45) is 1.87. The first-order valence-electron chi connectivity index (χ1n) is 5.80. The lowest BCUT2D eigenvalue weighted by molar-refractivity contribution is 0.453. The van der Waals surface area contributed by atoms with E-state index >= 15 is 0 Å². The van der Waals surface area contributed by atoms with Gasteiger partial charge in [-0.25, -0.2) is 13.4 Å². The predicted octanol–water partition coefficient (Wildman–Crippen LogP) is 3.66. The first-order chi connectivity index (χ1) is 8.45. The molecule has 0 radical (unpaired) electrons. The van der Waals surface area contributed by atoms with E-state index in [1.807, 2.05) is 0 Å². The lowest BCUT2D eigenvalue weighted by Crippen LogP contribution is -1.94. The molecule has 2 aromatic rings. The molecule has 2 rings (SSSR count). The Labute approximate surface area is 110 Å². The van der Waals surface area contributed by atoms with Gasteiger partial charge in [-0.05, 0) is 25.0 Å². The predicted molar refractivity (Wildman–Crippen MR) is 70.4 cm³/mol. The zero-order chi connectivity index (χ0) is 13.3. The first-order valence-corrected chi connectivity index (χ1v) is 8.11. The second-order valence-electron chi connectivity index (χ2n) is 4.13. The highest BCUT2D eigenvalue weighted by molar-refractivity contribution is 8.13. The molecule has 4 nitrogen and oxygen atoms in total. The maximum atomic E-state index is 11.2. The van der Waals surface area contributed by atoms with Crippen LogP contribution in [0.4, 0.5) is 0 Å². The lowest BCUT2D eigenvalue weighted by atomic mass is 10.0. The summed E-state index contributed by atoms with van der Waals surface area (Å²) in [6, 6.07) is 4.46. The van der Waals surface area contributed by atoms with Crippen LogP contribution in [0, 0.1) is 0 Å². The third-order valence-corrected chi connectivity index (χ3v) is 4.34. The van der Waals surface area contributed by atoms with Gasteiger partial charge in [-0.3, -0.25) is 0 Å². The van der Waals surface area contributed by atoms with Crippen molar-refractivity contribution in [1.29, 1.82) is 0 Å². The fraction of sp³-hybridized carbons (Fsp3) is 0.417. The molecule has 98 valence electrons. The number of fused-ring (bicyclic) bond motifs is 1. The Morgan fingerprint density at radius 3 is 2.56 bits per heavy atom. The maximum Gasteiger partial charge on any atom is 0.261 e. The molecular formula is C12H14ClNO3S. The topological polar surface area (TPSA) is 60.2 Å². The number of hydrogen-bond acceptors (Lipinski definition) is 4. The molecular weight excluding hydrogens is 274 g/mol. The van der Waals surface area contributed by atoms with Gasteiger partial charge in [-0.1, -0.05) is 13.8 Å². The summed E-state index contributed by atoms with van der Waals surface area (Å²) in [4.78, 5) is 4.40. The Hall–Kier alpha value is -1.07. The van der Waals surface area contributed by atoms with Gasteiger partial charge >= 0.3 is 0 Å². The van der Waals surface area contributed by atoms with E-state index in [9.17, 15) is 8.42 Å². The molecule has 1 aromatic heterocycles. The SMILES string of the molecule is CCC(CC)c1nc2ccc(S(=O)(=O)Cl)cc2o1. The van der Waals surface area contributed by atoms with Crippen LogP contribution in [0.2, 0.25) is 0 Å². The van der Waals surface area contributed by atoms with E-state index in [1.54, 1.807) is 6.07 Å². The van der Waals surface area contributed by atoms with E-state index in [1.165, 1.54) is 12.1 Å². The summed E-state index contributed by atoms with van der Waals surface area (Å²) in [6.45, 7) is 4.13. The van der Waals surface area contributed by atoms with Crippen molar-refractivity contribution in [2.75, 3.05) is 0 Å². The second kappa shape index (κ2) is 4.90. The monoisotopic (exact) mass is 287 g/mol. The van der Waals surface area contributed by atoms with E-state index in [0.717, 1.165) is 12.8 Å². The molecule has 6 heteroatoms. The smallest absolute Gasteiger partial charge is 0.261 e. The molecule has 0 fully saturated rings. The van der Waals surface area contributed by atoms with Crippen molar-refractivity contribution in [2.24, 2.45) is 0 Å². The molecule has 0 bridgehead atoms. The van der Waals surface area contributed by atoms with Gasteiger partial charge in [-0.2, -0.15) is 0 Å². The zero-order valence-corrected chi connectivity index (χ0v) is 11.8. The Morgan fingerprint density at radius 1 is 1.33 bits per heavy atom. The molecule has 0 unspecified atom stereocenters. The molecule has 0 aliphatic carbocycles. The molecule has 0 aliphatic rings. The number of aromatic nitrogens is 1. The van der Waals surface area contributed by atoms with Gasteiger partial charge in [0.1, 0.15) is 5.52 Å². The summed E-state index contributed by atoms with van der Waals surface area (Å²) in [5.74, 6) is 0.910. The quantitative estimate of drug-likeness (QED) is 0.805. The van der Waals surface area contributed by atoms with Gasteiger partial charge in [0.05, 0.1) is 4.90 Å². The zero-order valence-electron chi connectivity index (χ0n) is 10.2. The summed E-state index contributed by atoms with van der Waals surface area (Å²) < 4.78 is 28.1. The van der Waals surface area contributed by atoms with Crippen molar-refractivity contribution >= 4 is 30.8 Å². The van der Waals surface area contributed by atoms with Crippen molar-refractivity contribution in [3.8, 4) is 0 Å². The average molecular weight is 288 g/mol. The largest absolute Gasteiger partial charge is 0.440 e. The minimum absolute atomic E-state index is 0.0314. The molecule has 1 heterocycles. The summed E-state index contributed by atoms with van der Waals surface area (Å²) in [5, 5.41) is 0. The fourth-order valence-electron chi connectivity index (χ4n) is 1.89. The first kappa shape index (κ1) is 13.4. The number of rotatable bonds is 4. The minimum Gasteiger partial charge on any atom is -0.440 e. The third kappa shape index (κ3) is 2.52. The van der Waals surface area contributed by atoms with Crippen molar-refractivity contribution in [3.63, 3.8) is 0 Å². The molecule has 0 aliphatic heterocycles. The van der Waals surface area contributed by atoms with Gasteiger partial charge in [0.15, 0.2) is 11.5 Å². The van der Waals surface area contributed by atoms with Crippen LogP contribution in [-0.4, -0.2) is 13.4 Å². The van der Waals surface area contributed by atoms with Gasteiger partial charge in [0.2, 0.25) is 0 Å². The number of benzene rings is 1. The highest BCUT2D eigenvalue weighted by Crippen LogP contribution is 2.28. The molecule has 0 saturated carbocycles. The van der Waals surface area contributed by atoms with Crippen molar-refractivity contribution in [3.05, 3.63) is 24.1 Å². The second-order valence-corrected chi connectivity index (χ2v) is 6.70. The maximum absolute atomic E-state index is 11.2. The molecule has 18 heavy (non-hydrogen) atoms. The normalized spacial score (nSPS) is 12.4. The number of hydrogen-bond donors (Lipinski definition) is 0. The van der Waals surface area contributed by atoms with Gasteiger partial charge in [-0.15, -0.1) is 0 Å². The van der Waals surface area contributed by atoms with Crippen molar-refractivity contribution < 1.29 is 12.8 Å². The molecule has 0 saturated heterocycles. The van der Waals surface area contributed by atoms with Gasteiger partial charge < -0.3 is 4.42 Å². The van der Waals surface area contributed by atoms with Crippen LogP contribution in [-0.2, 0) is 9.05 Å². The van der Waals surface area contributed by atoms with Crippen LogP contribution in [0.25, 0.3) is 11.1 Å². The molecule has 0 spiro atoms. The Morgan fingerprint density at radius 2 is 2.00 bits per heavy atom. The van der Waals surface area contributed by atoms with Crippen LogP contribution in [0.5, 0.6) is 0 Å². The summed E-state index contributed by atoms with van der Waals surface area (Å²) in [7, 11) is 1.56. The molecule has 0 N–H and O–H groups in total. The molecule has 0 atom stereocenters. The molecule has 1 aromatic carbocycles. The highest BCUT2D eigenvalue weighted by Gasteiger charge is 2.17. The fourth-order valence-corrected chi connectivity index (χ4v) is 2.65. The lowest BCUT2D eigenvalue weighted by Gasteiger charge is -2.05. The van der Waals surface area contributed by atoms with E-state index < -0.39 is 9.05 Å².